The zero-order chi connectivity index (χ0) is 24.3. The lowest BCUT2D eigenvalue weighted by Gasteiger charge is -2.34. The highest BCUT2D eigenvalue weighted by Gasteiger charge is 2.37. The van der Waals surface area contributed by atoms with Crippen molar-refractivity contribution in [1.82, 2.24) is 15.0 Å². The number of carbonyl (C=O) groups is 2. The lowest BCUT2D eigenvalue weighted by atomic mass is 10.0. The molecule has 4 N–H and O–H groups in total. The molecule has 11 heteroatoms. The Hall–Kier alpha value is -3.63. The van der Waals surface area contributed by atoms with E-state index in [4.69, 9.17) is 5.73 Å². The molecule has 0 saturated heterocycles. The molecule has 0 spiro atoms. The van der Waals surface area contributed by atoms with Crippen LogP contribution in [0, 0.1) is 5.92 Å². The fourth-order valence-corrected chi connectivity index (χ4v) is 3.68. The summed E-state index contributed by atoms with van der Waals surface area (Å²) in [7, 11) is 0. The Balaban J connectivity index is 2.07. The van der Waals surface area contributed by atoms with Crippen molar-refractivity contribution in [3.8, 4) is 11.1 Å². The van der Waals surface area contributed by atoms with Crippen molar-refractivity contribution in [2.45, 2.75) is 39.4 Å². The van der Waals surface area contributed by atoms with Crippen LogP contribution in [0.3, 0.4) is 0 Å². The number of fused-ring (bicyclic) bond motifs is 1. The van der Waals surface area contributed by atoms with E-state index in [1.807, 2.05) is 0 Å². The van der Waals surface area contributed by atoms with Crippen LogP contribution >= 0.6 is 0 Å². The number of pyridine rings is 2. The van der Waals surface area contributed by atoms with Gasteiger partial charge < -0.3 is 20.9 Å². The highest BCUT2D eigenvalue weighted by molar-refractivity contribution is 5.98. The average molecular weight is 462 g/mol. The Kier molecular flexibility index (Phi) is 6.89. The van der Waals surface area contributed by atoms with Gasteiger partial charge in [-0.25, -0.2) is 4.98 Å². The van der Waals surface area contributed by atoms with Crippen LogP contribution in [0.15, 0.2) is 36.9 Å². The SMILES string of the molecule is CCC(=O)Nc1cnc2[nH]cc(-c3cncc(N(CC(F)(F)F)[C@H](C(N)=O)C(C)C)c3)c2c1. The van der Waals surface area contributed by atoms with Gasteiger partial charge in [0.1, 0.15) is 18.2 Å². The maximum Gasteiger partial charge on any atom is 0.405 e. The van der Waals surface area contributed by atoms with Gasteiger partial charge in [-0.15, -0.1) is 0 Å². The lowest BCUT2D eigenvalue weighted by molar-refractivity contribution is -0.126. The number of primary amides is 1. The number of halogens is 3. The first-order valence-corrected chi connectivity index (χ1v) is 10.3. The van der Waals surface area contributed by atoms with Crippen molar-refractivity contribution in [2.75, 3.05) is 16.8 Å². The smallest absolute Gasteiger partial charge is 0.368 e. The van der Waals surface area contributed by atoms with Gasteiger partial charge in [0, 0.05) is 35.3 Å². The Labute approximate surface area is 188 Å². The fourth-order valence-electron chi connectivity index (χ4n) is 3.68. The number of anilines is 2. The van der Waals surface area contributed by atoms with E-state index in [0.29, 0.717) is 34.3 Å². The van der Waals surface area contributed by atoms with Gasteiger partial charge in [0.25, 0.3) is 0 Å². The molecule has 0 aliphatic heterocycles. The maximum absolute atomic E-state index is 13.4. The molecule has 3 aromatic heterocycles. The predicted octanol–water partition coefficient (Wildman–Crippen LogP) is 3.85. The Morgan fingerprint density at radius 1 is 1.21 bits per heavy atom. The molecule has 176 valence electrons. The normalized spacial score (nSPS) is 12.7. The second-order valence-electron chi connectivity index (χ2n) is 7.99. The Bertz CT molecular complexity index is 1160. The van der Waals surface area contributed by atoms with E-state index >= 15 is 0 Å². The molecule has 3 rings (SSSR count). The predicted molar refractivity (Wildman–Crippen MR) is 119 cm³/mol. The third-order valence-electron chi connectivity index (χ3n) is 5.11. The number of carbonyl (C=O) groups excluding carboxylic acids is 2. The van der Waals surface area contributed by atoms with Crippen molar-refractivity contribution in [3.05, 3.63) is 36.9 Å². The van der Waals surface area contributed by atoms with E-state index in [0.717, 1.165) is 4.90 Å². The van der Waals surface area contributed by atoms with Crippen LogP contribution in [0.4, 0.5) is 24.5 Å². The number of hydrogen-bond acceptors (Lipinski definition) is 5. The summed E-state index contributed by atoms with van der Waals surface area (Å²) in [5.74, 6) is -1.49. The number of amides is 2. The third kappa shape index (κ3) is 5.60. The summed E-state index contributed by atoms with van der Waals surface area (Å²) < 4.78 is 40.1. The molecule has 0 unspecified atom stereocenters. The van der Waals surface area contributed by atoms with Crippen molar-refractivity contribution in [1.29, 1.82) is 0 Å². The Morgan fingerprint density at radius 3 is 2.55 bits per heavy atom. The summed E-state index contributed by atoms with van der Waals surface area (Å²) >= 11 is 0. The number of nitrogens with two attached hydrogens (primary N) is 1. The van der Waals surface area contributed by atoms with E-state index in [9.17, 15) is 22.8 Å². The summed E-state index contributed by atoms with van der Waals surface area (Å²) in [6, 6.07) is 2.07. The molecule has 3 aromatic rings. The van der Waals surface area contributed by atoms with E-state index in [2.05, 4.69) is 20.3 Å². The number of nitrogens with zero attached hydrogens (tertiary/aromatic N) is 3. The molecule has 8 nitrogen and oxygen atoms in total. The molecule has 0 aliphatic carbocycles. The van der Waals surface area contributed by atoms with E-state index in [-0.39, 0.29) is 11.6 Å². The number of rotatable bonds is 8. The molecule has 0 bridgehead atoms. The Morgan fingerprint density at radius 2 is 1.94 bits per heavy atom. The molecule has 0 radical (unpaired) electrons. The monoisotopic (exact) mass is 462 g/mol. The van der Waals surface area contributed by atoms with Crippen molar-refractivity contribution >= 4 is 34.2 Å². The van der Waals surface area contributed by atoms with Gasteiger partial charge in [0.05, 0.1) is 23.8 Å². The largest absolute Gasteiger partial charge is 0.405 e. The van der Waals surface area contributed by atoms with Crippen LogP contribution in [0.1, 0.15) is 27.2 Å². The van der Waals surface area contributed by atoms with Gasteiger partial charge >= 0.3 is 6.18 Å². The minimum absolute atomic E-state index is 0.111. The van der Waals surface area contributed by atoms with Crippen LogP contribution in [0.2, 0.25) is 0 Å². The van der Waals surface area contributed by atoms with Crippen LogP contribution in [0.5, 0.6) is 0 Å². The van der Waals surface area contributed by atoms with Crippen LogP contribution in [0.25, 0.3) is 22.2 Å². The zero-order valence-electron chi connectivity index (χ0n) is 18.4. The second-order valence-corrected chi connectivity index (χ2v) is 7.99. The molecular weight excluding hydrogens is 437 g/mol. The lowest BCUT2D eigenvalue weighted by Crippen LogP contribution is -2.51. The van der Waals surface area contributed by atoms with Gasteiger partial charge in [0.15, 0.2) is 0 Å². The van der Waals surface area contributed by atoms with Crippen LogP contribution in [-0.4, -0.2) is 45.5 Å². The quantitative estimate of drug-likeness (QED) is 0.470. The van der Waals surface area contributed by atoms with E-state index in [1.165, 1.54) is 24.7 Å². The van der Waals surface area contributed by atoms with Crippen molar-refractivity contribution in [2.24, 2.45) is 11.7 Å². The van der Waals surface area contributed by atoms with Gasteiger partial charge in [-0.1, -0.05) is 20.8 Å². The van der Waals surface area contributed by atoms with Gasteiger partial charge in [-0.3, -0.25) is 14.6 Å². The van der Waals surface area contributed by atoms with Crippen molar-refractivity contribution in [3.63, 3.8) is 0 Å². The molecule has 0 aliphatic rings. The first kappa shape index (κ1) is 24.0. The van der Waals surface area contributed by atoms with Crippen LogP contribution < -0.4 is 16.0 Å². The number of aromatic amines is 1. The number of hydrogen-bond donors (Lipinski definition) is 3. The topological polar surface area (TPSA) is 117 Å². The average Bonchev–Trinajstić information content (AvgIpc) is 3.15. The van der Waals surface area contributed by atoms with E-state index < -0.39 is 30.6 Å². The fraction of sp³-hybridized carbons (Fsp3) is 0.364. The van der Waals surface area contributed by atoms with Crippen LogP contribution in [-0.2, 0) is 9.59 Å². The first-order valence-electron chi connectivity index (χ1n) is 10.3. The van der Waals surface area contributed by atoms with Gasteiger partial charge in [-0.05, 0) is 18.1 Å². The highest BCUT2D eigenvalue weighted by Crippen LogP contribution is 2.33. The van der Waals surface area contributed by atoms with E-state index in [1.54, 1.807) is 33.0 Å². The second kappa shape index (κ2) is 9.47. The molecule has 1 atom stereocenters. The molecule has 33 heavy (non-hydrogen) atoms. The minimum Gasteiger partial charge on any atom is -0.368 e. The number of nitrogens with one attached hydrogen (secondary N) is 2. The molecule has 2 amide bonds. The summed E-state index contributed by atoms with van der Waals surface area (Å²) in [5, 5.41) is 3.39. The first-order chi connectivity index (χ1) is 15.5. The van der Waals surface area contributed by atoms with Gasteiger partial charge in [-0.2, -0.15) is 13.2 Å². The minimum atomic E-state index is -4.56. The number of H-pyrrole nitrogens is 1. The summed E-state index contributed by atoms with van der Waals surface area (Å²) in [6.07, 6.45) is 1.69. The summed E-state index contributed by atoms with van der Waals surface area (Å²) in [6.45, 7) is 3.64. The molecule has 0 saturated carbocycles. The molecule has 0 aromatic carbocycles. The standard InChI is InChI=1S/C22H25F3N6O2/c1-4-18(32)30-14-6-16-17(10-29-21(16)28-8-14)13-5-15(9-27-7-13)31(11-22(23,24)25)19(12(2)3)20(26)33/h5-10,12,19H,4,11H2,1-3H3,(H2,26,33)(H,28,29)(H,30,32)/t19-/m0/s1. The number of alkyl halides is 3. The zero-order valence-corrected chi connectivity index (χ0v) is 18.4. The maximum atomic E-state index is 13.4. The summed E-state index contributed by atoms with van der Waals surface area (Å²) in [4.78, 5) is 36.1. The van der Waals surface area contributed by atoms with Gasteiger partial charge in [0.2, 0.25) is 11.8 Å². The molecule has 3 heterocycles. The van der Waals surface area contributed by atoms with Crippen molar-refractivity contribution < 1.29 is 22.8 Å². The summed E-state index contributed by atoms with van der Waals surface area (Å²) in [5.41, 5.74) is 7.74. The molecule has 0 fully saturated rings. The number of aromatic nitrogens is 3. The third-order valence-corrected chi connectivity index (χ3v) is 5.11. The molecular formula is C22H25F3N6O2. The highest BCUT2D eigenvalue weighted by atomic mass is 19.4.